The van der Waals surface area contributed by atoms with Crippen molar-refractivity contribution in [3.8, 4) is 0 Å². The van der Waals surface area contributed by atoms with Gasteiger partial charge in [0.25, 0.3) is 0 Å². The lowest BCUT2D eigenvalue weighted by Crippen LogP contribution is -2.44. The molecule has 1 rings (SSSR count). The van der Waals surface area contributed by atoms with Crippen LogP contribution in [0.1, 0.15) is 23.1 Å². The van der Waals surface area contributed by atoms with Crippen LogP contribution in [0.2, 0.25) is 0 Å². The zero-order valence-corrected chi connectivity index (χ0v) is 11.7. The van der Waals surface area contributed by atoms with Gasteiger partial charge < -0.3 is 19.7 Å². The number of Topliss-reactive ketones (excluding diaryl/α,β-unsaturated/α-hetero) is 1. The molecule has 7 heteroatoms. The summed E-state index contributed by atoms with van der Waals surface area (Å²) in [6.07, 6.45) is -0.00270. The van der Waals surface area contributed by atoms with E-state index in [1.165, 1.54) is 14.0 Å². The Hall–Kier alpha value is -2.15. The number of nitrogens with zero attached hydrogens (tertiary/aromatic N) is 1. The first-order valence-corrected chi connectivity index (χ1v) is 6.03. The number of carboxylic acids is 1. The zero-order valence-electron chi connectivity index (χ0n) is 11.7. The number of hydrogen-bond donors (Lipinski definition) is 2. The SMILES string of the molecule is COC[C@H](NC(=O)Cc1ccc(C(C)=O)n1C)C(=O)O. The number of aliphatic carboxylic acids is 1. The Labute approximate surface area is 116 Å². The molecule has 0 fully saturated rings. The third-order valence-corrected chi connectivity index (χ3v) is 2.89. The highest BCUT2D eigenvalue weighted by atomic mass is 16.5. The summed E-state index contributed by atoms with van der Waals surface area (Å²) < 4.78 is 6.35. The standard InChI is InChI=1S/C13H18N2O5/c1-8(16)11-5-4-9(15(11)2)6-12(17)14-10(7-20-3)13(18)19/h4-5,10H,6-7H2,1-3H3,(H,14,17)(H,18,19)/t10-/m0/s1. The Bertz CT molecular complexity index is 521. The first-order valence-electron chi connectivity index (χ1n) is 6.03. The molecule has 0 saturated heterocycles. The Morgan fingerprint density at radius 1 is 1.40 bits per heavy atom. The summed E-state index contributed by atoms with van der Waals surface area (Å²) >= 11 is 0. The van der Waals surface area contributed by atoms with Crippen molar-refractivity contribution in [2.75, 3.05) is 13.7 Å². The number of hydrogen-bond acceptors (Lipinski definition) is 4. The lowest BCUT2D eigenvalue weighted by Gasteiger charge is -2.13. The molecular formula is C13H18N2O5. The highest BCUT2D eigenvalue weighted by Crippen LogP contribution is 2.08. The molecule has 1 amide bonds. The number of rotatable bonds is 7. The van der Waals surface area contributed by atoms with Crippen molar-refractivity contribution in [1.82, 2.24) is 9.88 Å². The minimum absolute atomic E-state index is 0.00270. The van der Waals surface area contributed by atoms with Crippen LogP contribution in [0.3, 0.4) is 0 Å². The number of ketones is 1. The fourth-order valence-corrected chi connectivity index (χ4v) is 1.84. The molecule has 0 saturated carbocycles. The van der Waals surface area contributed by atoms with Crippen molar-refractivity contribution < 1.29 is 24.2 Å². The summed E-state index contributed by atoms with van der Waals surface area (Å²) in [7, 11) is 3.04. The second kappa shape index (κ2) is 6.85. The maximum Gasteiger partial charge on any atom is 0.328 e. The third-order valence-electron chi connectivity index (χ3n) is 2.89. The van der Waals surface area contributed by atoms with Crippen LogP contribution in [-0.2, 0) is 27.8 Å². The molecule has 20 heavy (non-hydrogen) atoms. The summed E-state index contributed by atoms with van der Waals surface area (Å²) in [4.78, 5) is 34.0. The molecule has 1 aromatic heterocycles. The molecule has 0 aliphatic heterocycles. The predicted octanol–water partition coefficient (Wildman–Crippen LogP) is -0.0140. The minimum Gasteiger partial charge on any atom is -0.480 e. The lowest BCUT2D eigenvalue weighted by molar-refractivity contribution is -0.143. The van der Waals surface area contributed by atoms with E-state index in [1.54, 1.807) is 23.7 Å². The first kappa shape index (κ1) is 15.9. The molecule has 0 aromatic carbocycles. The van der Waals surface area contributed by atoms with E-state index in [2.05, 4.69) is 5.32 Å². The summed E-state index contributed by atoms with van der Waals surface area (Å²) in [6, 6.07) is 2.22. The second-order valence-corrected chi connectivity index (χ2v) is 4.42. The van der Waals surface area contributed by atoms with Crippen molar-refractivity contribution in [2.45, 2.75) is 19.4 Å². The average molecular weight is 282 g/mol. The second-order valence-electron chi connectivity index (χ2n) is 4.42. The van der Waals surface area contributed by atoms with Gasteiger partial charge in [-0.3, -0.25) is 9.59 Å². The highest BCUT2D eigenvalue weighted by molar-refractivity contribution is 5.93. The van der Waals surface area contributed by atoms with Crippen LogP contribution in [0.25, 0.3) is 0 Å². The zero-order chi connectivity index (χ0) is 15.3. The quantitative estimate of drug-likeness (QED) is 0.685. The lowest BCUT2D eigenvalue weighted by atomic mass is 10.2. The van der Waals surface area contributed by atoms with Crippen molar-refractivity contribution in [1.29, 1.82) is 0 Å². The number of aromatic nitrogens is 1. The molecule has 0 radical (unpaired) electrons. The minimum atomic E-state index is -1.16. The fourth-order valence-electron chi connectivity index (χ4n) is 1.84. The van der Waals surface area contributed by atoms with Gasteiger partial charge in [-0.2, -0.15) is 0 Å². The van der Waals surface area contributed by atoms with Gasteiger partial charge in [-0.1, -0.05) is 0 Å². The Kier molecular flexibility index (Phi) is 5.45. The molecule has 7 nitrogen and oxygen atoms in total. The predicted molar refractivity (Wildman–Crippen MR) is 70.6 cm³/mol. The maximum absolute atomic E-state index is 11.8. The van der Waals surface area contributed by atoms with Crippen LogP contribution in [0, 0.1) is 0 Å². The number of amides is 1. The molecule has 0 aliphatic rings. The van der Waals surface area contributed by atoms with E-state index in [0.29, 0.717) is 11.4 Å². The van der Waals surface area contributed by atoms with Gasteiger partial charge in [-0.05, 0) is 12.1 Å². The van der Waals surface area contributed by atoms with Crippen molar-refractivity contribution in [2.24, 2.45) is 7.05 Å². The molecule has 0 aliphatic carbocycles. The van der Waals surface area contributed by atoms with E-state index in [0.717, 1.165) is 0 Å². The van der Waals surface area contributed by atoms with Crippen molar-refractivity contribution in [3.05, 3.63) is 23.5 Å². The van der Waals surface area contributed by atoms with Crippen LogP contribution in [-0.4, -0.2) is 47.1 Å². The van der Waals surface area contributed by atoms with Gasteiger partial charge in [0.2, 0.25) is 5.91 Å². The summed E-state index contributed by atoms with van der Waals surface area (Å²) in [6.45, 7) is 1.34. The number of carbonyl (C=O) groups excluding carboxylic acids is 2. The Balaban J connectivity index is 2.71. The topological polar surface area (TPSA) is 97.6 Å². The number of nitrogens with one attached hydrogen (secondary N) is 1. The molecule has 1 aromatic rings. The van der Waals surface area contributed by atoms with Gasteiger partial charge in [0, 0.05) is 26.8 Å². The number of carbonyl (C=O) groups is 3. The molecule has 0 unspecified atom stereocenters. The highest BCUT2D eigenvalue weighted by Gasteiger charge is 2.20. The van der Waals surface area contributed by atoms with Crippen LogP contribution < -0.4 is 5.32 Å². The average Bonchev–Trinajstić information content (AvgIpc) is 2.70. The van der Waals surface area contributed by atoms with Crippen molar-refractivity contribution in [3.63, 3.8) is 0 Å². The largest absolute Gasteiger partial charge is 0.480 e. The molecule has 0 spiro atoms. The Morgan fingerprint density at radius 3 is 2.50 bits per heavy atom. The molecular weight excluding hydrogens is 264 g/mol. The van der Waals surface area contributed by atoms with E-state index >= 15 is 0 Å². The molecule has 110 valence electrons. The van der Waals surface area contributed by atoms with Crippen LogP contribution in [0.5, 0.6) is 0 Å². The van der Waals surface area contributed by atoms with E-state index in [4.69, 9.17) is 9.84 Å². The van der Waals surface area contributed by atoms with Crippen LogP contribution in [0.15, 0.2) is 12.1 Å². The third kappa shape index (κ3) is 3.92. The van der Waals surface area contributed by atoms with Gasteiger partial charge in [0.1, 0.15) is 0 Å². The first-order chi connectivity index (χ1) is 9.36. The fraction of sp³-hybridized carbons (Fsp3) is 0.462. The summed E-state index contributed by atoms with van der Waals surface area (Å²) in [5, 5.41) is 11.3. The van der Waals surface area contributed by atoms with Gasteiger partial charge in [-0.25, -0.2) is 4.79 Å². The maximum atomic E-state index is 11.8. The molecule has 2 N–H and O–H groups in total. The monoisotopic (exact) mass is 282 g/mol. The van der Waals surface area contributed by atoms with E-state index in [-0.39, 0.29) is 18.8 Å². The molecule has 0 bridgehead atoms. The van der Waals surface area contributed by atoms with Crippen LogP contribution in [0.4, 0.5) is 0 Å². The summed E-state index contributed by atoms with van der Waals surface area (Å²) in [5.41, 5.74) is 1.13. The Morgan fingerprint density at radius 2 is 2.05 bits per heavy atom. The number of carboxylic acid groups (broad SMARTS) is 1. The van der Waals surface area contributed by atoms with Gasteiger partial charge in [-0.15, -0.1) is 0 Å². The van der Waals surface area contributed by atoms with E-state index in [9.17, 15) is 14.4 Å². The van der Waals surface area contributed by atoms with E-state index in [1.807, 2.05) is 0 Å². The summed E-state index contributed by atoms with van der Waals surface area (Å²) in [5.74, 6) is -1.69. The van der Waals surface area contributed by atoms with E-state index < -0.39 is 17.9 Å². The number of ether oxygens (including phenoxy) is 1. The number of methoxy groups -OCH3 is 1. The van der Waals surface area contributed by atoms with Gasteiger partial charge >= 0.3 is 5.97 Å². The van der Waals surface area contributed by atoms with Crippen LogP contribution >= 0.6 is 0 Å². The van der Waals surface area contributed by atoms with Gasteiger partial charge in [0.15, 0.2) is 11.8 Å². The normalized spacial score (nSPS) is 11.9. The smallest absolute Gasteiger partial charge is 0.328 e. The molecule has 1 atom stereocenters. The molecule has 1 heterocycles. The van der Waals surface area contributed by atoms with Crippen molar-refractivity contribution >= 4 is 17.7 Å². The van der Waals surface area contributed by atoms with Gasteiger partial charge in [0.05, 0.1) is 18.7 Å².